The van der Waals surface area contributed by atoms with Crippen LogP contribution in [0, 0.1) is 11.8 Å². The van der Waals surface area contributed by atoms with Crippen LogP contribution in [0.2, 0.25) is 5.02 Å². The van der Waals surface area contributed by atoms with Crippen LogP contribution in [0.5, 0.6) is 11.5 Å². The van der Waals surface area contributed by atoms with Crippen LogP contribution in [0.3, 0.4) is 0 Å². The fourth-order valence-corrected chi connectivity index (χ4v) is 3.39. The highest BCUT2D eigenvalue weighted by Crippen LogP contribution is 2.38. The number of methoxy groups -OCH3 is 1. The molecular formula is C22H25ClN2O4. The molecule has 0 heterocycles. The highest BCUT2D eigenvalue weighted by Gasteiger charge is 2.39. The Morgan fingerprint density at radius 1 is 1.24 bits per heavy atom. The van der Waals surface area contributed by atoms with Crippen molar-refractivity contribution in [3.8, 4) is 11.5 Å². The molecule has 2 N–H and O–H groups in total. The number of nitrogens with one attached hydrogen (secondary N) is 2. The largest absolute Gasteiger partial charge is 0.493 e. The number of anilines is 1. The number of rotatable bonds is 8. The number of halogens is 1. The zero-order valence-electron chi connectivity index (χ0n) is 16.8. The van der Waals surface area contributed by atoms with E-state index < -0.39 is 0 Å². The van der Waals surface area contributed by atoms with E-state index in [0.29, 0.717) is 40.3 Å². The van der Waals surface area contributed by atoms with E-state index in [1.807, 2.05) is 6.92 Å². The van der Waals surface area contributed by atoms with Gasteiger partial charge in [0.25, 0.3) is 5.91 Å². The van der Waals surface area contributed by atoms with E-state index in [-0.39, 0.29) is 24.3 Å². The molecule has 2 aromatic rings. The number of amides is 2. The van der Waals surface area contributed by atoms with E-state index in [9.17, 15) is 9.59 Å². The van der Waals surface area contributed by atoms with Gasteiger partial charge in [0.15, 0.2) is 11.5 Å². The quantitative estimate of drug-likeness (QED) is 0.673. The summed E-state index contributed by atoms with van der Waals surface area (Å²) < 4.78 is 10.8. The molecule has 2 unspecified atom stereocenters. The van der Waals surface area contributed by atoms with E-state index in [4.69, 9.17) is 21.1 Å². The predicted octanol–water partition coefficient (Wildman–Crippen LogP) is 4.27. The number of carbonyl (C=O) groups is 2. The van der Waals surface area contributed by atoms with Gasteiger partial charge in [0.2, 0.25) is 5.91 Å². The molecule has 154 valence electrons. The molecule has 0 aliphatic heterocycles. The SMILES string of the molecule is CCOc1c(Cl)cc(CNC(=O)c2cccc(NC(=O)C3CC3C)c2)cc1OC. The normalized spacial score (nSPS) is 17.4. The molecule has 0 bridgehead atoms. The number of ether oxygens (including phenoxy) is 2. The molecule has 2 atom stereocenters. The van der Waals surface area contributed by atoms with Crippen molar-refractivity contribution in [1.29, 1.82) is 0 Å². The molecule has 1 aliphatic rings. The first-order valence-corrected chi connectivity index (χ1v) is 9.99. The van der Waals surface area contributed by atoms with Crippen molar-refractivity contribution in [2.24, 2.45) is 11.8 Å². The summed E-state index contributed by atoms with van der Waals surface area (Å²) >= 11 is 6.28. The molecule has 0 aromatic heterocycles. The molecule has 0 spiro atoms. The third-order valence-electron chi connectivity index (χ3n) is 4.87. The minimum atomic E-state index is -0.245. The second-order valence-corrected chi connectivity index (χ2v) is 7.52. The lowest BCUT2D eigenvalue weighted by Crippen LogP contribution is -2.23. The van der Waals surface area contributed by atoms with Crippen LogP contribution in [-0.4, -0.2) is 25.5 Å². The second kappa shape index (κ2) is 9.18. The van der Waals surface area contributed by atoms with Gasteiger partial charge in [0.1, 0.15) is 0 Å². The molecule has 0 saturated heterocycles. The van der Waals surface area contributed by atoms with Crippen molar-refractivity contribution in [3.05, 3.63) is 52.5 Å². The highest BCUT2D eigenvalue weighted by molar-refractivity contribution is 6.32. The van der Waals surface area contributed by atoms with Gasteiger partial charge in [-0.2, -0.15) is 0 Å². The fraction of sp³-hybridized carbons (Fsp3) is 0.364. The van der Waals surface area contributed by atoms with Gasteiger partial charge in [-0.05, 0) is 55.2 Å². The Kier molecular flexibility index (Phi) is 6.64. The van der Waals surface area contributed by atoms with E-state index in [1.165, 1.54) is 0 Å². The summed E-state index contributed by atoms with van der Waals surface area (Å²) in [6.07, 6.45) is 0.917. The first-order chi connectivity index (χ1) is 13.9. The standard InChI is InChI=1S/C22H25ClN2O4/c1-4-29-20-18(23)9-14(10-19(20)28-3)12-24-21(26)15-6-5-7-16(11-15)25-22(27)17-8-13(17)2/h5-7,9-11,13,17H,4,8,12H2,1-3H3,(H,24,26)(H,25,27). The van der Waals surface area contributed by atoms with E-state index in [0.717, 1.165) is 12.0 Å². The topological polar surface area (TPSA) is 76.7 Å². The van der Waals surface area contributed by atoms with Crippen molar-refractivity contribution in [2.45, 2.75) is 26.8 Å². The molecule has 29 heavy (non-hydrogen) atoms. The minimum Gasteiger partial charge on any atom is -0.493 e. The van der Waals surface area contributed by atoms with Crippen LogP contribution in [0.4, 0.5) is 5.69 Å². The van der Waals surface area contributed by atoms with E-state index in [2.05, 4.69) is 17.6 Å². The van der Waals surface area contributed by atoms with Crippen molar-refractivity contribution in [2.75, 3.05) is 19.0 Å². The smallest absolute Gasteiger partial charge is 0.251 e. The molecule has 6 nitrogen and oxygen atoms in total. The Hall–Kier alpha value is -2.73. The third kappa shape index (κ3) is 5.21. The summed E-state index contributed by atoms with van der Waals surface area (Å²) in [5, 5.41) is 6.16. The number of hydrogen-bond acceptors (Lipinski definition) is 4. The van der Waals surface area contributed by atoms with Crippen LogP contribution in [0.25, 0.3) is 0 Å². The Balaban J connectivity index is 1.64. The van der Waals surface area contributed by atoms with Crippen molar-refractivity contribution >= 4 is 29.1 Å². The molecule has 1 saturated carbocycles. The number of carbonyl (C=O) groups excluding carboxylic acids is 2. The average molecular weight is 417 g/mol. The van der Waals surface area contributed by atoms with Gasteiger partial charge in [-0.25, -0.2) is 0 Å². The van der Waals surface area contributed by atoms with Crippen LogP contribution < -0.4 is 20.1 Å². The number of hydrogen-bond donors (Lipinski definition) is 2. The lowest BCUT2D eigenvalue weighted by molar-refractivity contribution is -0.117. The molecule has 2 aromatic carbocycles. The Morgan fingerprint density at radius 3 is 2.66 bits per heavy atom. The fourth-order valence-electron chi connectivity index (χ4n) is 3.10. The first-order valence-electron chi connectivity index (χ1n) is 9.61. The molecule has 3 rings (SSSR count). The van der Waals surface area contributed by atoms with Gasteiger partial charge < -0.3 is 20.1 Å². The molecule has 7 heteroatoms. The maximum absolute atomic E-state index is 12.6. The maximum atomic E-state index is 12.6. The molecule has 1 fully saturated rings. The minimum absolute atomic E-state index is 0.00573. The first kappa shape index (κ1) is 21.0. The summed E-state index contributed by atoms with van der Waals surface area (Å²) in [4.78, 5) is 24.6. The van der Waals surface area contributed by atoms with Gasteiger partial charge in [-0.15, -0.1) is 0 Å². The zero-order valence-corrected chi connectivity index (χ0v) is 17.5. The molecule has 2 amide bonds. The maximum Gasteiger partial charge on any atom is 0.251 e. The second-order valence-electron chi connectivity index (χ2n) is 7.11. The molecule has 1 aliphatic carbocycles. The summed E-state index contributed by atoms with van der Waals surface area (Å²) in [6, 6.07) is 10.4. The van der Waals surface area contributed by atoms with Crippen LogP contribution >= 0.6 is 11.6 Å². The van der Waals surface area contributed by atoms with Crippen molar-refractivity contribution < 1.29 is 19.1 Å². The lowest BCUT2D eigenvalue weighted by atomic mass is 10.1. The Bertz CT molecular complexity index is 916. The zero-order chi connectivity index (χ0) is 21.0. The summed E-state index contributed by atoms with van der Waals surface area (Å²) in [6.45, 7) is 4.66. The van der Waals surface area contributed by atoms with Gasteiger partial charge in [0.05, 0.1) is 18.7 Å². The van der Waals surface area contributed by atoms with Crippen molar-refractivity contribution in [1.82, 2.24) is 5.32 Å². The van der Waals surface area contributed by atoms with E-state index >= 15 is 0 Å². The van der Waals surface area contributed by atoms with Gasteiger partial charge in [0, 0.05) is 23.7 Å². The highest BCUT2D eigenvalue weighted by atomic mass is 35.5. The third-order valence-corrected chi connectivity index (χ3v) is 5.15. The summed E-state index contributed by atoms with van der Waals surface area (Å²) in [5.41, 5.74) is 1.87. The molecule has 0 radical (unpaired) electrons. The monoisotopic (exact) mass is 416 g/mol. The lowest BCUT2D eigenvalue weighted by Gasteiger charge is -2.14. The van der Waals surface area contributed by atoms with Crippen LogP contribution in [0.15, 0.2) is 36.4 Å². The average Bonchev–Trinajstić information content (AvgIpc) is 3.45. The summed E-state index contributed by atoms with van der Waals surface area (Å²) in [7, 11) is 1.54. The van der Waals surface area contributed by atoms with Gasteiger partial charge >= 0.3 is 0 Å². The summed E-state index contributed by atoms with van der Waals surface area (Å²) in [5.74, 6) is 1.27. The Morgan fingerprint density at radius 2 is 2.00 bits per heavy atom. The van der Waals surface area contributed by atoms with Crippen LogP contribution in [0.1, 0.15) is 36.2 Å². The predicted molar refractivity (Wildman–Crippen MR) is 113 cm³/mol. The van der Waals surface area contributed by atoms with Crippen LogP contribution in [-0.2, 0) is 11.3 Å². The van der Waals surface area contributed by atoms with E-state index in [1.54, 1.807) is 43.5 Å². The Labute approximate surface area is 175 Å². The number of benzene rings is 2. The van der Waals surface area contributed by atoms with Gasteiger partial charge in [-0.1, -0.05) is 24.6 Å². The van der Waals surface area contributed by atoms with Crippen molar-refractivity contribution in [3.63, 3.8) is 0 Å². The van der Waals surface area contributed by atoms with Gasteiger partial charge in [-0.3, -0.25) is 9.59 Å². The molecular weight excluding hydrogens is 392 g/mol.